The SMILES string of the molecule is CCCN(CCC)C(=O)c1cc(NC(=O)c2ccc(C)cc2)c(=O)n(C)c1. The first-order chi connectivity index (χ1) is 12.9. The van der Waals surface area contributed by atoms with Crippen molar-refractivity contribution in [3.8, 4) is 0 Å². The molecule has 0 saturated carbocycles. The normalized spacial score (nSPS) is 10.5. The van der Waals surface area contributed by atoms with Crippen LogP contribution in [0.1, 0.15) is 53.0 Å². The smallest absolute Gasteiger partial charge is 0.274 e. The molecule has 27 heavy (non-hydrogen) atoms. The van der Waals surface area contributed by atoms with Gasteiger partial charge in [-0.1, -0.05) is 31.5 Å². The molecule has 0 atom stereocenters. The first-order valence-electron chi connectivity index (χ1n) is 9.25. The Bertz CT molecular complexity index is 863. The van der Waals surface area contributed by atoms with Crippen LogP contribution in [0.3, 0.4) is 0 Å². The van der Waals surface area contributed by atoms with E-state index in [1.54, 1.807) is 24.1 Å². The van der Waals surface area contributed by atoms with Crippen LogP contribution in [0.4, 0.5) is 5.69 Å². The van der Waals surface area contributed by atoms with Crippen molar-refractivity contribution in [2.45, 2.75) is 33.6 Å². The number of anilines is 1. The number of amides is 2. The van der Waals surface area contributed by atoms with Crippen molar-refractivity contribution in [2.24, 2.45) is 7.05 Å². The van der Waals surface area contributed by atoms with Gasteiger partial charge in [0.25, 0.3) is 17.4 Å². The maximum absolute atomic E-state index is 12.8. The standard InChI is InChI=1S/C21H27N3O3/c1-5-11-24(12-6-2)20(26)17-13-18(21(27)23(4)14-17)22-19(25)16-9-7-15(3)8-10-16/h7-10,13-14H,5-6,11-12H2,1-4H3,(H,22,25). The lowest BCUT2D eigenvalue weighted by molar-refractivity contribution is 0.0754. The molecular weight excluding hydrogens is 342 g/mol. The Morgan fingerprint density at radius 3 is 2.19 bits per heavy atom. The van der Waals surface area contributed by atoms with E-state index in [4.69, 9.17) is 0 Å². The molecule has 6 nitrogen and oxygen atoms in total. The van der Waals surface area contributed by atoms with E-state index in [1.165, 1.54) is 16.8 Å². The molecule has 144 valence electrons. The van der Waals surface area contributed by atoms with Crippen molar-refractivity contribution in [1.82, 2.24) is 9.47 Å². The summed E-state index contributed by atoms with van der Waals surface area (Å²) < 4.78 is 1.33. The van der Waals surface area contributed by atoms with Crippen molar-refractivity contribution in [2.75, 3.05) is 18.4 Å². The number of hydrogen-bond donors (Lipinski definition) is 1. The number of carbonyl (C=O) groups excluding carboxylic acids is 2. The summed E-state index contributed by atoms with van der Waals surface area (Å²) in [6.45, 7) is 7.28. The van der Waals surface area contributed by atoms with Gasteiger partial charge in [-0.15, -0.1) is 0 Å². The van der Waals surface area contributed by atoms with Crippen LogP contribution in [0.5, 0.6) is 0 Å². The minimum Gasteiger partial charge on any atom is -0.339 e. The molecule has 1 aromatic carbocycles. The first kappa shape index (κ1) is 20.4. The zero-order valence-electron chi connectivity index (χ0n) is 16.4. The summed E-state index contributed by atoms with van der Waals surface area (Å²) in [7, 11) is 1.57. The molecule has 2 amide bonds. The molecule has 0 aliphatic heterocycles. The Morgan fingerprint density at radius 2 is 1.63 bits per heavy atom. The lowest BCUT2D eigenvalue weighted by Gasteiger charge is -2.22. The third-order valence-electron chi connectivity index (χ3n) is 4.27. The Morgan fingerprint density at radius 1 is 1.04 bits per heavy atom. The van der Waals surface area contributed by atoms with E-state index in [9.17, 15) is 14.4 Å². The average molecular weight is 369 g/mol. The van der Waals surface area contributed by atoms with Gasteiger partial charge in [0, 0.05) is 31.9 Å². The molecule has 1 heterocycles. The largest absolute Gasteiger partial charge is 0.339 e. The Kier molecular flexibility index (Phi) is 6.93. The zero-order valence-corrected chi connectivity index (χ0v) is 16.4. The Hall–Kier alpha value is -2.89. The zero-order chi connectivity index (χ0) is 20.0. The van der Waals surface area contributed by atoms with Crippen molar-refractivity contribution >= 4 is 17.5 Å². The summed E-state index contributed by atoms with van der Waals surface area (Å²) in [4.78, 5) is 39.5. The molecule has 0 fully saturated rings. The number of nitrogens with zero attached hydrogens (tertiary/aromatic N) is 2. The van der Waals surface area contributed by atoms with E-state index in [-0.39, 0.29) is 23.1 Å². The summed E-state index contributed by atoms with van der Waals surface area (Å²) in [6, 6.07) is 8.54. The topological polar surface area (TPSA) is 71.4 Å². The second kappa shape index (κ2) is 9.16. The molecule has 0 unspecified atom stereocenters. The van der Waals surface area contributed by atoms with Gasteiger partial charge in [-0.3, -0.25) is 14.4 Å². The van der Waals surface area contributed by atoms with Crippen LogP contribution in [0.15, 0.2) is 41.3 Å². The van der Waals surface area contributed by atoms with Gasteiger partial charge in [0.05, 0.1) is 5.56 Å². The second-order valence-corrected chi connectivity index (χ2v) is 6.67. The number of benzene rings is 1. The van der Waals surface area contributed by atoms with E-state index in [0.29, 0.717) is 24.2 Å². The third-order valence-corrected chi connectivity index (χ3v) is 4.27. The van der Waals surface area contributed by atoms with E-state index in [1.807, 2.05) is 32.9 Å². The fraction of sp³-hybridized carbons (Fsp3) is 0.381. The number of pyridine rings is 1. The van der Waals surface area contributed by atoms with Gasteiger partial charge in [-0.2, -0.15) is 0 Å². The number of aryl methyl sites for hydroxylation is 2. The van der Waals surface area contributed by atoms with Gasteiger partial charge >= 0.3 is 0 Å². The highest BCUT2D eigenvalue weighted by molar-refractivity contribution is 6.05. The predicted molar refractivity (Wildman–Crippen MR) is 107 cm³/mol. The lowest BCUT2D eigenvalue weighted by atomic mass is 10.1. The van der Waals surface area contributed by atoms with Gasteiger partial charge in [0.15, 0.2) is 0 Å². The molecular formula is C21H27N3O3. The minimum absolute atomic E-state index is 0.0990. The molecule has 1 N–H and O–H groups in total. The molecule has 6 heteroatoms. The number of aromatic nitrogens is 1. The number of carbonyl (C=O) groups is 2. The summed E-state index contributed by atoms with van der Waals surface area (Å²) in [5.41, 5.74) is 1.63. The molecule has 0 saturated heterocycles. The summed E-state index contributed by atoms with van der Waals surface area (Å²) in [5.74, 6) is -0.518. The monoisotopic (exact) mass is 369 g/mol. The quantitative estimate of drug-likeness (QED) is 0.815. The highest BCUT2D eigenvalue weighted by atomic mass is 16.2. The maximum atomic E-state index is 12.8. The van der Waals surface area contributed by atoms with Crippen LogP contribution in [0.25, 0.3) is 0 Å². The Balaban J connectivity index is 2.32. The van der Waals surface area contributed by atoms with E-state index in [2.05, 4.69) is 5.32 Å². The van der Waals surface area contributed by atoms with Gasteiger partial charge in [0.2, 0.25) is 0 Å². The van der Waals surface area contributed by atoms with Crippen molar-refractivity contribution in [3.63, 3.8) is 0 Å². The summed E-state index contributed by atoms with van der Waals surface area (Å²) in [6.07, 6.45) is 3.23. The summed E-state index contributed by atoms with van der Waals surface area (Å²) >= 11 is 0. The molecule has 0 spiro atoms. The molecule has 0 radical (unpaired) electrons. The van der Waals surface area contributed by atoms with Gasteiger partial charge in [0.1, 0.15) is 5.69 Å². The number of rotatable bonds is 7. The highest BCUT2D eigenvalue weighted by Crippen LogP contribution is 2.12. The Labute approximate surface area is 159 Å². The maximum Gasteiger partial charge on any atom is 0.274 e. The van der Waals surface area contributed by atoms with E-state index < -0.39 is 0 Å². The fourth-order valence-corrected chi connectivity index (χ4v) is 2.85. The van der Waals surface area contributed by atoms with Crippen molar-refractivity contribution in [1.29, 1.82) is 0 Å². The number of hydrogen-bond acceptors (Lipinski definition) is 3. The van der Waals surface area contributed by atoms with Crippen LogP contribution in [-0.2, 0) is 7.05 Å². The van der Waals surface area contributed by atoms with Crippen LogP contribution in [0, 0.1) is 6.92 Å². The van der Waals surface area contributed by atoms with Gasteiger partial charge in [-0.25, -0.2) is 0 Å². The second-order valence-electron chi connectivity index (χ2n) is 6.67. The minimum atomic E-state index is -0.379. The van der Waals surface area contributed by atoms with Crippen LogP contribution in [-0.4, -0.2) is 34.4 Å². The molecule has 0 aliphatic rings. The highest BCUT2D eigenvalue weighted by Gasteiger charge is 2.18. The number of nitrogens with one attached hydrogen (secondary N) is 1. The molecule has 2 aromatic rings. The summed E-state index contributed by atoms with van der Waals surface area (Å²) in [5, 5.41) is 2.64. The molecule has 2 rings (SSSR count). The van der Waals surface area contributed by atoms with Gasteiger partial charge in [-0.05, 0) is 38.0 Å². The van der Waals surface area contributed by atoms with Crippen LogP contribution < -0.4 is 10.9 Å². The third kappa shape index (κ3) is 5.06. The first-order valence-corrected chi connectivity index (χ1v) is 9.25. The van der Waals surface area contributed by atoms with Crippen LogP contribution in [0.2, 0.25) is 0 Å². The lowest BCUT2D eigenvalue weighted by Crippen LogP contribution is -2.34. The van der Waals surface area contributed by atoms with Crippen molar-refractivity contribution in [3.05, 3.63) is 63.6 Å². The van der Waals surface area contributed by atoms with Crippen LogP contribution >= 0.6 is 0 Å². The predicted octanol–water partition coefficient (Wildman–Crippen LogP) is 3.21. The van der Waals surface area contributed by atoms with Crippen molar-refractivity contribution < 1.29 is 9.59 Å². The molecule has 0 aliphatic carbocycles. The fourth-order valence-electron chi connectivity index (χ4n) is 2.85. The van der Waals surface area contributed by atoms with E-state index >= 15 is 0 Å². The van der Waals surface area contributed by atoms with E-state index in [0.717, 1.165) is 18.4 Å². The molecule has 0 bridgehead atoms. The van der Waals surface area contributed by atoms with Gasteiger partial charge < -0.3 is 14.8 Å². The molecule has 1 aromatic heterocycles. The average Bonchev–Trinajstić information content (AvgIpc) is 2.65.